The van der Waals surface area contributed by atoms with Crippen molar-refractivity contribution in [2.24, 2.45) is 7.05 Å². The van der Waals surface area contributed by atoms with Crippen molar-refractivity contribution in [1.82, 2.24) is 9.88 Å². The standard InChI is InChI=1S/C16H24N2O2/c1-4-6-7-13(17-10-5-2)12-8-9-14-15(11-12)20-16(19)18(14)3/h8-9,11,13,17H,4-7,10H2,1-3H3. The van der Waals surface area contributed by atoms with Crippen molar-refractivity contribution < 1.29 is 4.42 Å². The molecule has 1 aromatic carbocycles. The highest BCUT2D eigenvalue weighted by molar-refractivity contribution is 5.73. The normalized spacial score (nSPS) is 12.9. The maximum atomic E-state index is 11.5. The molecular weight excluding hydrogens is 252 g/mol. The summed E-state index contributed by atoms with van der Waals surface area (Å²) in [5.74, 6) is -0.302. The third kappa shape index (κ3) is 3.12. The molecule has 4 nitrogen and oxygen atoms in total. The molecule has 1 heterocycles. The van der Waals surface area contributed by atoms with E-state index in [1.54, 1.807) is 11.6 Å². The Hall–Kier alpha value is -1.55. The SMILES string of the molecule is CCCCC(NCCC)c1ccc2c(c1)oc(=O)n2C. The molecule has 0 fully saturated rings. The van der Waals surface area contributed by atoms with Crippen LogP contribution in [0.5, 0.6) is 0 Å². The number of fused-ring (bicyclic) bond motifs is 1. The summed E-state index contributed by atoms with van der Waals surface area (Å²) in [7, 11) is 1.73. The molecule has 0 saturated carbocycles. The minimum absolute atomic E-state index is 0.302. The van der Waals surface area contributed by atoms with Crippen LogP contribution in [-0.4, -0.2) is 11.1 Å². The van der Waals surface area contributed by atoms with Crippen LogP contribution in [0, 0.1) is 0 Å². The van der Waals surface area contributed by atoms with Crippen molar-refractivity contribution in [3.05, 3.63) is 34.3 Å². The van der Waals surface area contributed by atoms with E-state index in [0.29, 0.717) is 11.6 Å². The summed E-state index contributed by atoms with van der Waals surface area (Å²) in [6, 6.07) is 6.41. The molecule has 0 aliphatic rings. The van der Waals surface area contributed by atoms with Crippen LogP contribution in [0.3, 0.4) is 0 Å². The van der Waals surface area contributed by atoms with Crippen molar-refractivity contribution in [2.45, 2.75) is 45.6 Å². The molecule has 1 aromatic heterocycles. The van der Waals surface area contributed by atoms with E-state index in [0.717, 1.165) is 24.9 Å². The summed E-state index contributed by atoms with van der Waals surface area (Å²) < 4.78 is 6.82. The van der Waals surface area contributed by atoms with Gasteiger partial charge in [-0.15, -0.1) is 0 Å². The van der Waals surface area contributed by atoms with Crippen LogP contribution >= 0.6 is 0 Å². The second kappa shape index (κ2) is 6.75. The predicted molar refractivity (Wildman–Crippen MR) is 82.0 cm³/mol. The average molecular weight is 276 g/mol. The number of nitrogens with zero attached hydrogens (tertiary/aromatic N) is 1. The largest absolute Gasteiger partial charge is 0.419 e. The van der Waals surface area contributed by atoms with Crippen LogP contribution in [0.2, 0.25) is 0 Å². The first-order valence-electron chi connectivity index (χ1n) is 7.50. The number of unbranched alkanes of at least 4 members (excludes halogenated alkanes) is 1. The summed E-state index contributed by atoms with van der Waals surface area (Å²) >= 11 is 0. The molecule has 2 rings (SSSR count). The maximum Gasteiger partial charge on any atom is 0.419 e. The molecule has 0 bridgehead atoms. The van der Waals surface area contributed by atoms with Crippen LogP contribution in [0.25, 0.3) is 11.1 Å². The first kappa shape index (κ1) is 14.9. The van der Waals surface area contributed by atoms with Crippen LogP contribution in [0.15, 0.2) is 27.4 Å². The molecule has 1 unspecified atom stereocenters. The highest BCUT2D eigenvalue weighted by Gasteiger charge is 2.13. The molecule has 110 valence electrons. The van der Waals surface area contributed by atoms with Gasteiger partial charge in [0.25, 0.3) is 0 Å². The number of aryl methyl sites for hydroxylation is 1. The topological polar surface area (TPSA) is 47.2 Å². The summed E-state index contributed by atoms with van der Waals surface area (Å²) in [5.41, 5.74) is 2.73. The number of oxazole rings is 1. The van der Waals surface area contributed by atoms with Crippen molar-refractivity contribution in [2.75, 3.05) is 6.54 Å². The highest BCUT2D eigenvalue weighted by Crippen LogP contribution is 2.23. The van der Waals surface area contributed by atoms with Crippen LogP contribution in [0.1, 0.15) is 51.1 Å². The zero-order valence-corrected chi connectivity index (χ0v) is 12.6. The minimum Gasteiger partial charge on any atom is -0.408 e. The molecule has 4 heteroatoms. The van der Waals surface area contributed by atoms with Gasteiger partial charge in [-0.3, -0.25) is 4.57 Å². The molecule has 2 aromatic rings. The van der Waals surface area contributed by atoms with E-state index in [9.17, 15) is 4.79 Å². The minimum atomic E-state index is -0.302. The van der Waals surface area contributed by atoms with Gasteiger partial charge in [0.05, 0.1) is 5.52 Å². The van der Waals surface area contributed by atoms with Crippen molar-refractivity contribution in [3.63, 3.8) is 0 Å². The molecule has 0 radical (unpaired) electrons. The van der Waals surface area contributed by atoms with Gasteiger partial charge in [0.2, 0.25) is 0 Å². The van der Waals surface area contributed by atoms with Gasteiger partial charge < -0.3 is 9.73 Å². The number of hydrogen-bond acceptors (Lipinski definition) is 3. The molecule has 1 N–H and O–H groups in total. The number of aromatic nitrogens is 1. The molecule has 0 aliphatic carbocycles. The fourth-order valence-electron chi connectivity index (χ4n) is 2.48. The Morgan fingerprint density at radius 3 is 2.80 bits per heavy atom. The lowest BCUT2D eigenvalue weighted by Gasteiger charge is -2.18. The monoisotopic (exact) mass is 276 g/mol. The van der Waals surface area contributed by atoms with E-state index in [-0.39, 0.29) is 5.76 Å². The van der Waals surface area contributed by atoms with Gasteiger partial charge in [-0.25, -0.2) is 4.79 Å². The van der Waals surface area contributed by atoms with Gasteiger partial charge in [0.15, 0.2) is 5.58 Å². The third-order valence-corrected chi connectivity index (χ3v) is 3.71. The van der Waals surface area contributed by atoms with E-state index in [1.165, 1.54) is 18.4 Å². The maximum absolute atomic E-state index is 11.5. The molecule has 1 atom stereocenters. The molecule has 0 spiro atoms. The van der Waals surface area contributed by atoms with Gasteiger partial charge in [-0.05, 0) is 37.1 Å². The van der Waals surface area contributed by atoms with Crippen molar-refractivity contribution in [1.29, 1.82) is 0 Å². The summed E-state index contributed by atoms with van der Waals surface area (Å²) in [5, 5.41) is 3.58. The quantitative estimate of drug-likeness (QED) is 0.843. The summed E-state index contributed by atoms with van der Waals surface area (Å²) in [6.45, 7) is 5.38. The van der Waals surface area contributed by atoms with Gasteiger partial charge in [0, 0.05) is 13.1 Å². The van der Waals surface area contributed by atoms with E-state index in [1.807, 2.05) is 12.1 Å². The highest BCUT2D eigenvalue weighted by atomic mass is 16.4. The van der Waals surface area contributed by atoms with E-state index in [2.05, 4.69) is 25.2 Å². The summed E-state index contributed by atoms with van der Waals surface area (Å²) in [6.07, 6.45) is 4.61. The lowest BCUT2D eigenvalue weighted by Crippen LogP contribution is -2.22. The first-order valence-corrected chi connectivity index (χ1v) is 7.50. The molecule has 0 aliphatic heterocycles. The average Bonchev–Trinajstić information content (AvgIpc) is 2.74. The second-order valence-corrected chi connectivity index (χ2v) is 5.30. The van der Waals surface area contributed by atoms with Crippen LogP contribution in [-0.2, 0) is 7.05 Å². The number of hydrogen-bond donors (Lipinski definition) is 1. The zero-order chi connectivity index (χ0) is 14.5. The number of rotatable bonds is 7. The smallest absolute Gasteiger partial charge is 0.408 e. The van der Waals surface area contributed by atoms with E-state index >= 15 is 0 Å². The van der Waals surface area contributed by atoms with Gasteiger partial charge in [-0.1, -0.05) is 32.8 Å². The molecular formula is C16H24N2O2. The fourth-order valence-corrected chi connectivity index (χ4v) is 2.48. The third-order valence-electron chi connectivity index (χ3n) is 3.71. The van der Waals surface area contributed by atoms with Crippen molar-refractivity contribution >= 4 is 11.1 Å². The van der Waals surface area contributed by atoms with Gasteiger partial charge >= 0.3 is 5.76 Å². The lowest BCUT2D eigenvalue weighted by molar-refractivity contribution is 0.480. The molecule has 0 saturated heterocycles. The summed E-state index contributed by atoms with van der Waals surface area (Å²) in [4.78, 5) is 11.5. The molecule has 20 heavy (non-hydrogen) atoms. The zero-order valence-electron chi connectivity index (χ0n) is 12.6. The second-order valence-electron chi connectivity index (χ2n) is 5.30. The Bertz CT molecular complexity index is 604. The first-order chi connectivity index (χ1) is 9.67. The predicted octanol–water partition coefficient (Wildman–Crippen LogP) is 3.36. The Morgan fingerprint density at radius 2 is 2.10 bits per heavy atom. The van der Waals surface area contributed by atoms with Crippen LogP contribution < -0.4 is 11.1 Å². The Labute approximate surface area is 119 Å². The Kier molecular flexibility index (Phi) is 5.01. The number of nitrogens with one attached hydrogen (secondary N) is 1. The van der Waals surface area contributed by atoms with Gasteiger partial charge in [-0.2, -0.15) is 0 Å². The van der Waals surface area contributed by atoms with E-state index in [4.69, 9.17) is 4.42 Å². The lowest BCUT2D eigenvalue weighted by atomic mass is 10.0. The Balaban J connectivity index is 2.29. The fraction of sp³-hybridized carbons (Fsp3) is 0.562. The van der Waals surface area contributed by atoms with Crippen molar-refractivity contribution in [3.8, 4) is 0 Å². The van der Waals surface area contributed by atoms with Gasteiger partial charge in [0.1, 0.15) is 0 Å². The molecule has 0 amide bonds. The van der Waals surface area contributed by atoms with Crippen LogP contribution in [0.4, 0.5) is 0 Å². The number of benzene rings is 1. The Morgan fingerprint density at radius 1 is 1.30 bits per heavy atom. The van der Waals surface area contributed by atoms with E-state index < -0.39 is 0 Å².